The highest BCUT2D eigenvalue weighted by Crippen LogP contribution is 2.21. The van der Waals surface area contributed by atoms with Crippen molar-refractivity contribution in [2.24, 2.45) is 0 Å². The number of likely N-dealkylation sites (N-methyl/N-ethyl adjacent to an activating group) is 1. The average molecular weight is 393 g/mol. The predicted octanol–water partition coefficient (Wildman–Crippen LogP) is 4.09. The molecular formula is C20H22Cl2N2O2. The van der Waals surface area contributed by atoms with Gasteiger partial charge in [-0.25, -0.2) is 0 Å². The van der Waals surface area contributed by atoms with Crippen LogP contribution in [0.3, 0.4) is 0 Å². The van der Waals surface area contributed by atoms with Gasteiger partial charge in [0.1, 0.15) is 6.04 Å². The second-order valence-electron chi connectivity index (χ2n) is 5.99. The zero-order chi connectivity index (χ0) is 19.1. The molecule has 0 radical (unpaired) electrons. The summed E-state index contributed by atoms with van der Waals surface area (Å²) in [5, 5.41) is 3.80. The van der Waals surface area contributed by atoms with Crippen LogP contribution in [0.15, 0.2) is 48.5 Å². The lowest BCUT2D eigenvalue weighted by atomic mass is 10.1. The highest BCUT2D eigenvalue weighted by Gasteiger charge is 2.25. The lowest BCUT2D eigenvalue weighted by Crippen LogP contribution is -2.46. The van der Waals surface area contributed by atoms with Gasteiger partial charge in [-0.15, -0.1) is 0 Å². The summed E-state index contributed by atoms with van der Waals surface area (Å²) in [5.41, 5.74) is 1.71. The fourth-order valence-corrected chi connectivity index (χ4v) is 3.11. The van der Waals surface area contributed by atoms with Gasteiger partial charge < -0.3 is 10.2 Å². The monoisotopic (exact) mass is 392 g/mol. The Labute approximate surface area is 164 Å². The Morgan fingerprint density at radius 3 is 2.08 bits per heavy atom. The molecule has 6 heteroatoms. The normalized spacial score (nSPS) is 11.7. The van der Waals surface area contributed by atoms with Crippen LogP contribution in [0.1, 0.15) is 24.5 Å². The van der Waals surface area contributed by atoms with Crippen molar-refractivity contribution >= 4 is 35.0 Å². The minimum Gasteiger partial charge on any atom is -0.357 e. The Bertz CT molecular complexity index is 780. The second-order valence-corrected chi connectivity index (χ2v) is 6.81. The number of aryl methyl sites for hydroxylation is 1. The van der Waals surface area contributed by atoms with Crippen molar-refractivity contribution in [2.45, 2.75) is 32.4 Å². The van der Waals surface area contributed by atoms with Crippen LogP contribution >= 0.6 is 23.2 Å². The van der Waals surface area contributed by atoms with Gasteiger partial charge in [0.25, 0.3) is 0 Å². The summed E-state index contributed by atoms with van der Waals surface area (Å²) in [6.07, 6.45) is 0.771. The topological polar surface area (TPSA) is 49.4 Å². The molecule has 1 atom stereocenters. The molecule has 2 aromatic carbocycles. The van der Waals surface area contributed by atoms with Gasteiger partial charge in [-0.3, -0.25) is 9.59 Å². The van der Waals surface area contributed by atoms with Crippen LogP contribution in [-0.2, 0) is 22.6 Å². The lowest BCUT2D eigenvalue weighted by Gasteiger charge is -2.28. The van der Waals surface area contributed by atoms with E-state index < -0.39 is 6.04 Å². The molecule has 138 valence electrons. The molecule has 0 aromatic heterocycles. The van der Waals surface area contributed by atoms with Gasteiger partial charge in [-0.2, -0.15) is 0 Å². The molecule has 0 saturated heterocycles. The summed E-state index contributed by atoms with van der Waals surface area (Å²) in [6.45, 7) is 1.98. The largest absolute Gasteiger partial charge is 0.357 e. The van der Waals surface area contributed by atoms with Crippen LogP contribution in [0.4, 0.5) is 0 Å². The van der Waals surface area contributed by atoms with E-state index in [1.807, 2.05) is 36.4 Å². The Morgan fingerprint density at radius 2 is 1.54 bits per heavy atom. The maximum atomic E-state index is 12.9. The van der Waals surface area contributed by atoms with E-state index in [1.165, 1.54) is 0 Å². The van der Waals surface area contributed by atoms with E-state index in [2.05, 4.69) is 5.32 Å². The van der Waals surface area contributed by atoms with Crippen molar-refractivity contribution < 1.29 is 9.59 Å². The number of carbonyl (C=O) groups is 2. The Kier molecular flexibility index (Phi) is 7.49. The molecule has 0 aliphatic rings. The van der Waals surface area contributed by atoms with E-state index in [9.17, 15) is 9.59 Å². The SMILES string of the molecule is CNC(=O)[C@@H](C)N(Cc1ccccc1Cl)C(=O)CCc1ccccc1Cl. The summed E-state index contributed by atoms with van der Waals surface area (Å²) in [4.78, 5) is 26.5. The van der Waals surface area contributed by atoms with Gasteiger partial charge in [0, 0.05) is 30.1 Å². The summed E-state index contributed by atoms with van der Waals surface area (Å²) in [5.74, 6) is -0.343. The molecule has 0 aliphatic carbocycles. The first-order chi connectivity index (χ1) is 12.4. The van der Waals surface area contributed by atoms with Gasteiger partial charge in [-0.1, -0.05) is 59.6 Å². The minimum absolute atomic E-state index is 0.124. The van der Waals surface area contributed by atoms with E-state index in [0.717, 1.165) is 11.1 Å². The number of nitrogens with zero attached hydrogens (tertiary/aromatic N) is 1. The maximum absolute atomic E-state index is 12.9. The van der Waals surface area contributed by atoms with Crippen molar-refractivity contribution in [2.75, 3.05) is 7.05 Å². The first-order valence-corrected chi connectivity index (χ1v) is 9.17. The Balaban J connectivity index is 2.17. The minimum atomic E-state index is -0.602. The molecule has 0 heterocycles. The third kappa shape index (κ3) is 5.23. The molecule has 2 aromatic rings. The molecule has 26 heavy (non-hydrogen) atoms. The molecule has 2 amide bonds. The van der Waals surface area contributed by atoms with Crippen LogP contribution < -0.4 is 5.32 Å². The van der Waals surface area contributed by atoms with Crippen molar-refractivity contribution in [3.8, 4) is 0 Å². The molecule has 0 bridgehead atoms. The quantitative estimate of drug-likeness (QED) is 0.771. The molecule has 0 unspecified atom stereocenters. The number of nitrogens with one attached hydrogen (secondary N) is 1. The van der Waals surface area contributed by atoms with E-state index in [0.29, 0.717) is 16.5 Å². The predicted molar refractivity (Wildman–Crippen MR) is 105 cm³/mol. The number of carbonyl (C=O) groups excluding carboxylic acids is 2. The fraction of sp³-hybridized carbons (Fsp3) is 0.300. The number of rotatable bonds is 7. The van der Waals surface area contributed by atoms with E-state index in [4.69, 9.17) is 23.2 Å². The van der Waals surface area contributed by atoms with Crippen LogP contribution in [0.2, 0.25) is 10.0 Å². The van der Waals surface area contributed by atoms with Crippen LogP contribution in [0.5, 0.6) is 0 Å². The van der Waals surface area contributed by atoms with Gasteiger partial charge in [0.15, 0.2) is 0 Å². The molecule has 1 N–H and O–H groups in total. The van der Waals surface area contributed by atoms with Gasteiger partial charge in [-0.05, 0) is 36.6 Å². The summed E-state index contributed by atoms with van der Waals surface area (Å²) in [6, 6.07) is 14.2. The Hall–Kier alpha value is -2.04. The first kappa shape index (κ1) is 20.3. The molecule has 0 spiro atoms. The number of hydrogen-bond acceptors (Lipinski definition) is 2. The molecule has 0 saturated carbocycles. The standard InChI is InChI=1S/C20H22Cl2N2O2/c1-14(20(26)23-2)24(13-16-8-4-6-10-18(16)22)19(25)12-11-15-7-3-5-9-17(15)21/h3-10,14H,11-13H2,1-2H3,(H,23,26)/t14-/m1/s1. The van der Waals surface area contributed by atoms with Crippen LogP contribution in [0, 0.1) is 0 Å². The van der Waals surface area contributed by atoms with Gasteiger partial charge in [0.2, 0.25) is 11.8 Å². The number of hydrogen-bond donors (Lipinski definition) is 1. The summed E-state index contributed by atoms with van der Waals surface area (Å²) < 4.78 is 0. The van der Waals surface area contributed by atoms with Crippen molar-refractivity contribution in [3.05, 3.63) is 69.7 Å². The fourth-order valence-electron chi connectivity index (χ4n) is 2.69. The summed E-state index contributed by atoms with van der Waals surface area (Å²) in [7, 11) is 1.56. The molecule has 4 nitrogen and oxygen atoms in total. The van der Waals surface area contributed by atoms with Crippen LogP contribution in [0.25, 0.3) is 0 Å². The molecular weight excluding hydrogens is 371 g/mol. The first-order valence-electron chi connectivity index (χ1n) is 8.42. The van der Waals surface area contributed by atoms with Crippen LogP contribution in [-0.4, -0.2) is 29.8 Å². The Morgan fingerprint density at radius 1 is 1.00 bits per heavy atom. The van der Waals surface area contributed by atoms with Gasteiger partial charge in [0.05, 0.1) is 0 Å². The lowest BCUT2D eigenvalue weighted by molar-refractivity contribution is -0.140. The highest BCUT2D eigenvalue weighted by atomic mass is 35.5. The van der Waals surface area contributed by atoms with E-state index in [-0.39, 0.29) is 24.8 Å². The molecule has 0 fully saturated rings. The third-order valence-corrected chi connectivity index (χ3v) is 5.02. The zero-order valence-corrected chi connectivity index (χ0v) is 16.3. The number of halogens is 2. The van der Waals surface area contributed by atoms with Gasteiger partial charge >= 0.3 is 0 Å². The van der Waals surface area contributed by atoms with Crippen molar-refractivity contribution in [3.63, 3.8) is 0 Å². The van der Waals surface area contributed by atoms with Crippen molar-refractivity contribution in [1.29, 1.82) is 0 Å². The second kappa shape index (κ2) is 9.60. The molecule has 0 aliphatic heterocycles. The average Bonchev–Trinajstić information content (AvgIpc) is 2.65. The highest BCUT2D eigenvalue weighted by molar-refractivity contribution is 6.31. The summed E-state index contributed by atoms with van der Waals surface area (Å²) >= 11 is 12.4. The number of amides is 2. The molecule has 2 rings (SSSR count). The smallest absolute Gasteiger partial charge is 0.242 e. The maximum Gasteiger partial charge on any atom is 0.242 e. The third-order valence-electron chi connectivity index (χ3n) is 4.28. The van der Waals surface area contributed by atoms with E-state index in [1.54, 1.807) is 31.0 Å². The zero-order valence-electron chi connectivity index (χ0n) is 14.8. The van der Waals surface area contributed by atoms with E-state index >= 15 is 0 Å². The number of benzene rings is 2. The van der Waals surface area contributed by atoms with Crippen molar-refractivity contribution in [1.82, 2.24) is 10.2 Å².